The minimum Gasteiger partial charge on any atom is -0.273 e. The maximum absolute atomic E-state index is 12.3. The molecular weight excluding hydrogens is 294 g/mol. The highest BCUT2D eigenvalue weighted by molar-refractivity contribution is 9.10. The van der Waals surface area contributed by atoms with Crippen molar-refractivity contribution in [2.45, 2.75) is 19.3 Å². The molecule has 0 N–H and O–H groups in total. The maximum atomic E-state index is 12.3. The van der Waals surface area contributed by atoms with Gasteiger partial charge in [-0.1, -0.05) is 22.0 Å². The second kappa shape index (κ2) is 4.35. The van der Waals surface area contributed by atoms with Gasteiger partial charge < -0.3 is 0 Å². The van der Waals surface area contributed by atoms with Crippen LogP contribution in [-0.4, -0.2) is 11.8 Å². The van der Waals surface area contributed by atoms with Gasteiger partial charge in [-0.15, -0.1) is 0 Å². The third kappa shape index (κ3) is 1.81. The Hall–Kier alpha value is -1.42. The number of amides is 2. The summed E-state index contributed by atoms with van der Waals surface area (Å²) in [4.78, 5) is 25.9. The molecule has 2 amide bonds. The fourth-order valence-electron chi connectivity index (χ4n) is 2.54. The molecule has 92 valence electrons. The van der Waals surface area contributed by atoms with Crippen LogP contribution in [0.15, 0.2) is 40.4 Å². The van der Waals surface area contributed by atoms with Gasteiger partial charge in [0.05, 0.1) is 11.6 Å². The zero-order valence-electron chi connectivity index (χ0n) is 9.73. The van der Waals surface area contributed by atoms with E-state index < -0.39 is 0 Å². The van der Waals surface area contributed by atoms with Gasteiger partial charge in [0.25, 0.3) is 5.91 Å². The van der Waals surface area contributed by atoms with Gasteiger partial charge in [0.2, 0.25) is 5.91 Å². The topological polar surface area (TPSA) is 37.4 Å². The quantitative estimate of drug-likeness (QED) is 0.748. The van der Waals surface area contributed by atoms with E-state index in [4.69, 9.17) is 0 Å². The highest BCUT2D eigenvalue weighted by Crippen LogP contribution is 2.33. The average molecular weight is 306 g/mol. The third-order valence-electron chi connectivity index (χ3n) is 3.46. The summed E-state index contributed by atoms with van der Waals surface area (Å²) in [7, 11) is 0. The van der Waals surface area contributed by atoms with Crippen LogP contribution in [-0.2, 0) is 9.59 Å². The lowest BCUT2D eigenvalue weighted by Gasteiger charge is -2.33. The maximum Gasteiger partial charge on any atom is 0.260 e. The Morgan fingerprint density at radius 1 is 1.17 bits per heavy atom. The molecule has 0 fully saturated rings. The number of hydrogen-bond acceptors (Lipinski definition) is 2. The highest BCUT2D eigenvalue weighted by atomic mass is 79.9. The lowest BCUT2D eigenvalue weighted by Crippen LogP contribution is -2.46. The second-order valence-electron chi connectivity index (χ2n) is 4.65. The first kappa shape index (κ1) is 11.7. The van der Waals surface area contributed by atoms with Crippen LogP contribution < -0.4 is 4.90 Å². The number of hydrogen-bond donors (Lipinski definition) is 0. The van der Waals surface area contributed by atoms with Gasteiger partial charge in [0.15, 0.2) is 0 Å². The molecule has 1 aromatic carbocycles. The molecule has 3 rings (SSSR count). The molecule has 1 aliphatic heterocycles. The Kier molecular flexibility index (Phi) is 2.82. The van der Waals surface area contributed by atoms with Gasteiger partial charge in [-0.05, 0) is 43.5 Å². The molecule has 1 heterocycles. The summed E-state index contributed by atoms with van der Waals surface area (Å²) in [5, 5.41) is 0. The van der Waals surface area contributed by atoms with E-state index >= 15 is 0 Å². The summed E-state index contributed by atoms with van der Waals surface area (Å²) in [5.41, 5.74) is 1.44. The van der Waals surface area contributed by atoms with Gasteiger partial charge in [0.1, 0.15) is 0 Å². The van der Waals surface area contributed by atoms with Crippen molar-refractivity contribution in [3.8, 4) is 0 Å². The molecular formula is C14H12BrNO2. The van der Waals surface area contributed by atoms with Crippen molar-refractivity contribution in [1.29, 1.82) is 0 Å². The Morgan fingerprint density at radius 3 is 2.61 bits per heavy atom. The molecule has 3 nitrogen and oxygen atoms in total. The number of fused-ring (bicyclic) bond motifs is 1. The Balaban J connectivity index is 2.02. The lowest BCUT2D eigenvalue weighted by atomic mass is 9.85. The predicted molar refractivity (Wildman–Crippen MR) is 72.1 cm³/mol. The summed E-state index contributed by atoms with van der Waals surface area (Å²) in [6.07, 6.45) is 4.42. The number of rotatable bonds is 1. The number of anilines is 1. The standard InChI is InChI=1S/C14H12BrNO2/c15-11-4-6-12(7-5-11)16-13(17)9-2-1-3-10(8-9)14(16)18/h4-9H,1-3H2. The molecule has 1 unspecified atom stereocenters. The Labute approximate surface area is 114 Å². The summed E-state index contributed by atoms with van der Waals surface area (Å²) < 4.78 is 0.933. The van der Waals surface area contributed by atoms with E-state index in [-0.39, 0.29) is 17.7 Å². The number of benzene rings is 1. The summed E-state index contributed by atoms with van der Waals surface area (Å²) in [6.45, 7) is 0. The van der Waals surface area contributed by atoms with Crippen LogP contribution in [0, 0.1) is 5.92 Å². The van der Waals surface area contributed by atoms with E-state index in [0.717, 1.165) is 29.3 Å². The van der Waals surface area contributed by atoms with Crippen molar-refractivity contribution in [1.82, 2.24) is 0 Å². The number of carbonyl (C=O) groups is 2. The summed E-state index contributed by atoms with van der Waals surface area (Å²) >= 11 is 3.35. The molecule has 0 aromatic heterocycles. The summed E-state index contributed by atoms with van der Waals surface area (Å²) in [6, 6.07) is 7.27. The van der Waals surface area contributed by atoms with Crippen LogP contribution in [0.1, 0.15) is 19.3 Å². The zero-order chi connectivity index (χ0) is 12.7. The first-order chi connectivity index (χ1) is 8.66. The first-order valence-corrected chi connectivity index (χ1v) is 6.80. The van der Waals surface area contributed by atoms with Crippen LogP contribution in [0.3, 0.4) is 0 Å². The number of halogens is 1. The van der Waals surface area contributed by atoms with Gasteiger partial charge in [-0.3, -0.25) is 9.59 Å². The average Bonchev–Trinajstić information content (AvgIpc) is 2.40. The minimum absolute atomic E-state index is 0.0919. The molecule has 0 saturated heterocycles. The molecule has 0 spiro atoms. The van der Waals surface area contributed by atoms with E-state index in [1.807, 2.05) is 18.2 Å². The minimum atomic E-state index is -0.154. The number of imide groups is 1. The molecule has 1 atom stereocenters. The first-order valence-electron chi connectivity index (χ1n) is 6.01. The molecule has 2 bridgehead atoms. The second-order valence-corrected chi connectivity index (χ2v) is 5.56. The van der Waals surface area contributed by atoms with E-state index in [2.05, 4.69) is 15.9 Å². The smallest absolute Gasteiger partial charge is 0.260 e. The van der Waals surface area contributed by atoms with Gasteiger partial charge >= 0.3 is 0 Å². The normalized spacial score (nSPS) is 23.1. The fraction of sp³-hybridized carbons (Fsp3) is 0.286. The molecule has 4 heteroatoms. The van der Waals surface area contributed by atoms with Crippen molar-refractivity contribution in [2.24, 2.45) is 5.92 Å². The van der Waals surface area contributed by atoms with Crippen molar-refractivity contribution < 1.29 is 9.59 Å². The van der Waals surface area contributed by atoms with E-state index in [1.165, 1.54) is 4.90 Å². The van der Waals surface area contributed by atoms with Crippen LogP contribution >= 0.6 is 15.9 Å². The lowest BCUT2D eigenvalue weighted by molar-refractivity contribution is -0.128. The Morgan fingerprint density at radius 2 is 1.89 bits per heavy atom. The van der Waals surface area contributed by atoms with Crippen LogP contribution in [0.4, 0.5) is 5.69 Å². The highest BCUT2D eigenvalue weighted by Gasteiger charge is 2.37. The number of nitrogens with zero attached hydrogens (tertiary/aromatic N) is 1. The largest absolute Gasteiger partial charge is 0.273 e. The Bertz CT molecular complexity index is 547. The van der Waals surface area contributed by atoms with Gasteiger partial charge in [0, 0.05) is 10.0 Å². The van der Waals surface area contributed by atoms with Crippen LogP contribution in [0.25, 0.3) is 0 Å². The predicted octanol–water partition coefficient (Wildman–Crippen LogP) is 3.05. The van der Waals surface area contributed by atoms with E-state index in [9.17, 15) is 9.59 Å². The van der Waals surface area contributed by atoms with Crippen molar-refractivity contribution >= 4 is 33.4 Å². The van der Waals surface area contributed by atoms with E-state index in [0.29, 0.717) is 5.69 Å². The van der Waals surface area contributed by atoms with E-state index in [1.54, 1.807) is 12.1 Å². The molecule has 0 radical (unpaired) electrons. The monoisotopic (exact) mass is 305 g/mol. The molecule has 18 heavy (non-hydrogen) atoms. The molecule has 1 aromatic rings. The van der Waals surface area contributed by atoms with Gasteiger partial charge in [-0.25, -0.2) is 4.90 Å². The fourth-order valence-corrected chi connectivity index (χ4v) is 2.80. The molecule has 0 saturated carbocycles. The third-order valence-corrected chi connectivity index (χ3v) is 3.99. The SMILES string of the molecule is O=C1C2=CC(CCC2)C(=O)N1c1ccc(Br)cc1. The molecule has 1 aliphatic carbocycles. The van der Waals surface area contributed by atoms with Crippen molar-refractivity contribution in [3.05, 3.63) is 40.4 Å². The number of carbonyl (C=O) groups excluding carboxylic acids is 2. The summed E-state index contributed by atoms with van der Waals surface area (Å²) in [5.74, 6) is -0.362. The van der Waals surface area contributed by atoms with Crippen LogP contribution in [0.5, 0.6) is 0 Å². The zero-order valence-corrected chi connectivity index (χ0v) is 11.3. The van der Waals surface area contributed by atoms with Gasteiger partial charge in [-0.2, -0.15) is 0 Å². The molecule has 2 aliphatic rings. The van der Waals surface area contributed by atoms with Crippen LogP contribution in [0.2, 0.25) is 0 Å². The van der Waals surface area contributed by atoms with Crippen molar-refractivity contribution in [3.63, 3.8) is 0 Å². The van der Waals surface area contributed by atoms with Crippen molar-refractivity contribution in [2.75, 3.05) is 4.90 Å².